The van der Waals surface area contributed by atoms with Crippen LogP contribution in [0.2, 0.25) is 0 Å². The molecule has 1 N–H and O–H groups in total. The van der Waals surface area contributed by atoms with Crippen LogP contribution in [0.4, 0.5) is 0 Å². The van der Waals surface area contributed by atoms with Crippen LogP contribution in [0.3, 0.4) is 0 Å². The first-order valence-electron chi connectivity index (χ1n) is 11.3. The van der Waals surface area contributed by atoms with Gasteiger partial charge in [0.25, 0.3) is 0 Å². The second-order valence-corrected chi connectivity index (χ2v) is 8.47. The zero-order valence-electron chi connectivity index (χ0n) is 19.3. The first kappa shape index (κ1) is 23.4. The van der Waals surface area contributed by atoms with Gasteiger partial charge in [-0.05, 0) is 24.6 Å². The molecule has 0 bridgehead atoms. The highest BCUT2D eigenvalue weighted by atomic mass is 16.5. The SMILES string of the molecule is COc1cccc(COCC(O)CN2CCN(Cc3nc(-c4ccc(C)cc4)no3)CC2)c1. The maximum absolute atomic E-state index is 10.4. The predicted molar refractivity (Wildman–Crippen MR) is 125 cm³/mol. The van der Waals surface area contributed by atoms with E-state index in [1.807, 2.05) is 48.5 Å². The van der Waals surface area contributed by atoms with Crippen LogP contribution in [-0.2, 0) is 17.9 Å². The molecule has 33 heavy (non-hydrogen) atoms. The van der Waals surface area contributed by atoms with Gasteiger partial charge in [-0.3, -0.25) is 9.80 Å². The van der Waals surface area contributed by atoms with Crippen molar-refractivity contribution in [3.63, 3.8) is 0 Å². The molecule has 1 saturated heterocycles. The van der Waals surface area contributed by atoms with E-state index in [9.17, 15) is 5.11 Å². The molecule has 176 valence electrons. The molecule has 0 saturated carbocycles. The average Bonchev–Trinajstić information content (AvgIpc) is 3.29. The highest BCUT2D eigenvalue weighted by Crippen LogP contribution is 2.17. The number of benzene rings is 2. The molecule has 1 unspecified atom stereocenters. The van der Waals surface area contributed by atoms with Gasteiger partial charge in [0, 0.05) is 38.3 Å². The van der Waals surface area contributed by atoms with Crippen molar-refractivity contribution in [1.82, 2.24) is 19.9 Å². The number of aromatic nitrogens is 2. The lowest BCUT2D eigenvalue weighted by Crippen LogP contribution is -2.48. The number of hydrogen-bond donors (Lipinski definition) is 1. The molecule has 2 aromatic carbocycles. The molecule has 0 radical (unpaired) electrons. The minimum absolute atomic E-state index is 0.307. The van der Waals surface area contributed by atoms with Crippen LogP contribution in [0.5, 0.6) is 5.75 Å². The van der Waals surface area contributed by atoms with Crippen molar-refractivity contribution >= 4 is 0 Å². The van der Waals surface area contributed by atoms with Crippen molar-refractivity contribution < 1.29 is 19.1 Å². The number of nitrogens with zero attached hydrogens (tertiary/aromatic N) is 4. The van der Waals surface area contributed by atoms with Crippen molar-refractivity contribution in [2.24, 2.45) is 0 Å². The summed E-state index contributed by atoms with van der Waals surface area (Å²) in [4.78, 5) is 9.11. The number of β-amino-alcohol motifs (C(OH)–C–C–N with tert-alkyl or cyclic N) is 1. The standard InChI is InChI=1S/C25H32N4O4/c1-19-6-8-21(9-7-19)25-26-24(33-27-25)16-29-12-10-28(11-13-29)15-22(30)18-32-17-20-4-3-5-23(14-20)31-2/h3-9,14,22,30H,10-13,15-18H2,1-2H3. The number of rotatable bonds is 10. The Hall–Kier alpha value is -2.78. The number of piperazine rings is 1. The third kappa shape index (κ3) is 6.85. The number of aliphatic hydroxyl groups is 1. The lowest BCUT2D eigenvalue weighted by atomic mass is 10.1. The van der Waals surface area contributed by atoms with Gasteiger partial charge in [0.15, 0.2) is 0 Å². The van der Waals surface area contributed by atoms with Gasteiger partial charge in [0.1, 0.15) is 5.75 Å². The number of aliphatic hydroxyl groups excluding tert-OH is 1. The minimum atomic E-state index is -0.518. The largest absolute Gasteiger partial charge is 0.497 e. The zero-order chi connectivity index (χ0) is 23.0. The lowest BCUT2D eigenvalue weighted by molar-refractivity contribution is 0.000235. The number of methoxy groups -OCH3 is 1. The van der Waals surface area contributed by atoms with E-state index in [4.69, 9.17) is 14.0 Å². The fourth-order valence-corrected chi connectivity index (χ4v) is 3.89. The zero-order valence-corrected chi connectivity index (χ0v) is 19.3. The van der Waals surface area contributed by atoms with E-state index in [0.29, 0.717) is 38.0 Å². The smallest absolute Gasteiger partial charge is 0.241 e. The van der Waals surface area contributed by atoms with Gasteiger partial charge in [0.05, 0.1) is 33.0 Å². The molecule has 1 atom stereocenters. The fourth-order valence-electron chi connectivity index (χ4n) is 3.89. The van der Waals surface area contributed by atoms with E-state index in [1.54, 1.807) is 7.11 Å². The second kappa shape index (κ2) is 11.4. The Morgan fingerprint density at radius 1 is 1.06 bits per heavy atom. The topological polar surface area (TPSA) is 84.1 Å². The summed E-state index contributed by atoms with van der Waals surface area (Å²) in [7, 11) is 1.65. The van der Waals surface area contributed by atoms with Gasteiger partial charge in [-0.15, -0.1) is 0 Å². The Bertz CT molecular complexity index is 1000. The monoisotopic (exact) mass is 452 g/mol. The summed E-state index contributed by atoms with van der Waals surface area (Å²) in [5.41, 5.74) is 3.19. The Balaban J connectivity index is 1.16. The summed E-state index contributed by atoms with van der Waals surface area (Å²) in [5.74, 6) is 2.06. The maximum Gasteiger partial charge on any atom is 0.241 e. The molecule has 8 heteroatoms. The van der Waals surface area contributed by atoms with Crippen molar-refractivity contribution in [2.45, 2.75) is 26.2 Å². The number of hydrogen-bond acceptors (Lipinski definition) is 8. The molecular formula is C25H32N4O4. The third-order valence-corrected chi connectivity index (χ3v) is 5.78. The summed E-state index contributed by atoms with van der Waals surface area (Å²) in [6.07, 6.45) is -0.518. The minimum Gasteiger partial charge on any atom is -0.497 e. The molecule has 3 aromatic rings. The van der Waals surface area contributed by atoms with Crippen LogP contribution in [0.15, 0.2) is 53.1 Å². The molecule has 1 aliphatic heterocycles. The van der Waals surface area contributed by atoms with Crippen LogP contribution in [0, 0.1) is 6.92 Å². The van der Waals surface area contributed by atoms with Gasteiger partial charge in [-0.2, -0.15) is 4.98 Å². The third-order valence-electron chi connectivity index (χ3n) is 5.78. The summed E-state index contributed by atoms with van der Waals surface area (Å²) < 4.78 is 16.4. The normalized spacial score (nSPS) is 16.1. The Morgan fingerprint density at radius 3 is 2.58 bits per heavy atom. The van der Waals surface area contributed by atoms with E-state index in [1.165, 1.54) is 5.56 Å². The van der Waals surface area contributed by atoms with Crippen LogP contribution in [0.25, 0.3) is 11.4 Å². The molecule has 0 amide bonds. The lowest BCUT2D eigenvalue weighted by Gasteiger charge is -2.34. The molecule has 8 nitrogen and oxygen atoms in total. The Kier molecular flexibility index (Phi) is 8.06. The number of aryl methyl sites for hydroxylation is 1. The summed E-state index contributed by atoms with van der Waals surface area (Å²) in [5, 5.41) is 14.5. The van der Waals surface area contributed by atoms with Crippen LogP contribution in [0.1, 0.15) is 17.0 Å². The molecule has 0 aliphatic carbocycles. The average molecular weight is 453 g/mol. The number of ether oxygens (including phenoxy) is 2. The van der Waals surface area contributed by atoms with Crippen LogP contribution in [-0.4, -0.2) is 77.6 Å². The van der Waals surface area contributed by atoms with Gasteiger partial charge >= 0.3 is 0 Å². The highest BCUT2D eigenvalue weighted by molar-refractivity contribution is 5.54. The van der Waals surface area contributed by atoms with Crippen molar-refractivity contribution in [1.29, 1.82) is 0 Å². The molecule has 1 aromatic heterocycles. The second-order valence-electron chi connectivity index (χ2n) is 8.47. The summed E-state index contributed by atoms with van der Waals surface area (Å²) >= 11 is 0. The van der Waals surface area contributed by atoms with Crippen molar-refractivity contribution in [2.75, 3.05) is 46.4 Å². The Morgan fingerprint density at radius 2 is 1.82 bits per heavy atom. The van der Waals surface area contributed by atoms with E-state index in [0.717, 1.165) is 43.1 Å². The van der Waals surface area contributed by atoms with Crippen LogP contribution < -0.4 is 4.74 Å². The van der Waals surface area contributed by atoms with E-state index >= 15 is 0 Å². The van der Waals surface area contributed by atoms with Gasteiger partial charge in [0.2, 0.25) is 11.7 Å². The van der Waals surface area contributed by atoms with Crippen LogP contribution >= 0.6 is 0 Å². The molecule has 0 spiro atoms. The van der Waals surface area contributed by atoms with Gasteiger partial charge in [-0.25, -0.2) is 0 Å². The summed E-state index contributed by atoms with van der Waals surface area (Å²) in [6, 6.07) is 15.9. The summed E-state index contributed by atoms with van der Waals surface area (Å²) in [6.45, 7) is 7.59. The molecule has 1 fully saturated rings. The molecule has 1 aliphatic rings. The fraction of sp³-hybridized carbons (Fsp3) is 0.440. The predicted octanol–water partition coefficient (Wildman–Crippen LogP) is 2.75. The van der Waals surface area contributed by atoms with Crippen molar-refractivity contribution in [3.05, 3.63) is 65.5 Å². The quantitative estimate of drug-likeness (QED) is 0.503. The Labute approximate surface area is 194 Å². The van der Waals surface area contributed by atoms with Gasteiger partial charge in [-0.1, -0.05) is 47.1 Å². The molecular weight excluding hydrogens is 420 g/mol. The van der Waals surface area contributed by atoms with E-state index in [-0.39, 0.29) is 0 Å². The van der Waals surface area contributed by atoms with E-state index < -0.39 is 6.10 Å². The first-order valence-corrected chi connectivity index (χ1v) is 11.3. The van der Waals surface area contributed by atoms with Gasteiger partial charge < -0.3 is 19.1 Å². The van der Waals surface area contributed by atoms with Crippen molar-refractivity contribution in [3.8, 4) is 17.1 Å². The maximum atomic E-state index is 10.4. The van der Waals surface area contributed by atoms with E-state index in [2.05, 4.69) is 26.9 Å². The molecule has 2 heterocycles. The molecule has 4 rings (SSSR count). The first-order chi connectivity index (χ1) is 16.1. The highest BCUT2D eigenvalue weighted by Gasteiger charge is 2.21.